The van der Waals surface area contributed by atoms with Crippen molar-refractivity contribution in [2.45, 2.75) is 0 Å². The van der Waals surface area contributed by atoms with Gasteiger partial charge < -0.3 is 0 Å². The molecule has 2 heterocycles. The van der Waals surface area contributed by atoms with E-state index >= 15 is 0 Å². The Morgan fingerprint density at radius 2 is 1.62 bits per heavy atom. The van der Waals surface area contributed by atoms with E-state index in [2.05, 4.69) is 9.97 Å². The van der Waals surface area contributed by atoms with Gasteiger partial charge in [-0.2, -0.15) is 0 Å². The minimum atomic E-state index is -1.11. The summed E-state index contributed by atoms with van der Waals surface area (Å²) in [5.74, 6) is -3.24. The van der Waals surface area contributed by atoms with E-state index in [1.165, 1.54) is 12.4 Å². The summed E-state index contributed by atoms with van der Waals surface area (Å²) in [6, 6.07) is 2.66. The molecular weight excluding hydrogens is 324 g/mol. The third-order valence-corrected chi connectivity index (χ3v) is 3.60. The van der Waals surface area contributed by atoms with Crippen molar-refractivity contribution in [3.05, 3.63) is 58.2 Å². The van der Waals surface area contributed by atoms with E-state index in [4.69, 9.17) is 23.2 Å². The zero-order valence-electron chi connectivity index (χ0n) is 10.2. The predicted molar refractivity (Wildman–Crippen MR) is 74.9 cm³/mol. The van der Waals surface area contributed by atoms with Crippen LogP contribution >= 0.6 is 23.2 Å². The number of hydrogen-bond donors (Lipinski definition) is 0. The van der Waals surface area contributed by atoms with Crippen molar-refractivity contribution in [2.24, 2.45) is 0 Å². The van der Waals surface area contributed by atoms with Crippen molar-refractivity contribution in [1.82, 2.24) is 9.97 Å². The molecule has 0 aliphatic rings. The fourth-order valence-corrected chi connectivity index (χ4v) is 2.71. The Morgan fingerprint density at radius 1 is 0.952 bits per heavy atom. The number of aromatic nitrogens is 2. The first-order chi connectivity index (χ1) is 9.99. The van der Waals surface area contributed by atoms with Gasteiger partial charge in [-0.15, -0.1) is 0 Å². The van der Waals surface area contributed by atoms with Crippen LogP contribution in [0.2, 0.25) is 10.2 Å². The number of fused-ring (bicyclic) bond motifs is 1. The van der Waals surface area contributed by atoms with Gasteiger partial charge in [0.2, 0.25) is 0 Å². The van der Waals surface area contributed by atoms with Crippen LogP contribution in [0, 0.1) is 17.5 Å². The molecule has 7 heteroatoms. The average molecular weight is 329 g/mol. The van der Waals surface area contributed by atoms with Crippen molar-refractivity contribution < 1.29 is 13.2 Å². The van der Waals surface area contributed by atoms with Crippen LogP contribution in [0.3, 0.4) is 0 Å². The molecule has 0 aliphatic heterocycles. The van der Waals surface area contributed by atoms with Crippen molar-refractivity contribution in [3.8, 4) is 11.1 Å². The van der Waals surface area contributed by atoms with Gasteiger partial charge in [0.25, 0.3) is 0 Å². The number of nitrogens with zero attached hydrogens (tertiary/aromatic N) is 2. The Bertz CT molecular complexity index is 845. The van der Waals surface area contributed by atoms with E-state index < -0.39 is 23.0 Å². The predicted octanol–water partition coefficient (Wildman–Crippen LogP) is 5.02. The number of hydrogen-bond acceptors (Lipinski definition) is 2. The van der Waals surface area contributed by atoms with Crippen LogP contribution in [0.15, 0.2) is 30.6 Å². The molecule has 0 bridgehead atoms. The van der Waals surface area contributed by atoms with Gasteiger partial charge in [-0.3, -0.25) is 4.98 Å². The summed E-state index contributed by atoms with van der Waals surface area (Å²) in [7, 11) is 0. The molecule has 0 spiro atoms. The molecule has 1 aromatic carbocycles. The first-order valence-corrected chi connectivity index (χ1v) is 6.48. The Morgan fingerprint density at radius 3 is 2.29 bits per heavy atom. The summed E-state index contributed by atoms with van der Waals surface area (Å²) in [5.41, 5.74) is -0.246. The first-order valence-electron chi connectivity index (χ1n) is 5.72. The van der Waals surface area contributed by atoms with Crippen molar-refractivity contribution >= 4 is 34.1 Å². The quantitative estimate of drug-likeness (QED) is 0.586. The lowest BCUT2D eigenvalue weighted by atomic mass is 10.0. The maximum absolute atomic E-state index is 13.9. The Hall–Kier alpha value is -1.85. The molecule has 106 valence electrons. The summed E-state index contributed by atoms with van der Waals surface area (Å²) in [6.07, 6.45) is 2.89. The van der Waals surface area contributed by atoms with Crippen molar-refractivity contribution in [3.63, 3.8) is 0 Å². The largest absolute Gasteiger partial charge is 0.262 e. The molecular formula is C14H5Cl2F3N2. The monoisotopic (exact) mass is 328 g/mol. The van der Waals surface area contributed by atoms with Crippen LogP contribution in [0.1, 0.15) is 0 Å². The number of pyridine rings is 2. The molecule has 3 aromatic rings. The fraction of sp³-hybridized carbons (Fsp3) is 0. The normalized spacial score (nSPS) is 11.1. The highest BCUT2D eigenvalue weighted by Gasteiger charge is 2.21. The zero-order chi connectivity index (χ0) is 15.1. The van der Waals surface area contributed by atoms with Gasteiger partial charge in [-0.05, 0) is 6.07 Å². The average Bonchev–Trinajstić information content (AvgIpc) is 2.41. The van der Waals surface area contributed by atoms with E-state index in [1.54, 1.807) is 6.07 Å². The van der Waals surface area contributed by atoms with Crippen LogP contribution < -0.4 is 0 Å². The molecule has 0 radical (unpaired) electrons. The topological polar surface area (TPSA) is 25.8 Å². The molecule has 0 aliphatic carbocycles. The highest BCUT2D eigenvalue weighted by Crippen LogP contribution is 2.40. The molecule has 2 aromatic heterocycles. The van der Waals surface area contributed by atoms with Gasteiger partial charge in [0.15, 0.2) is 0 Å². The maximum atomic E-state index is 13.9. The van der Waals surface area contributed by atoms with Gasteiger partial charge in [0.1, 0.15) is 22.6 Å². The molecule has 0 fully saturated rings. The van der Waals surface area contributed by atoms with Crippen LogP contribution in [0.4, 0.5) is 13.2 Å². The van der Waals surface area contributed by atoms with Crippen LogP contribution in [0.5, 0.6) is 0 Å². The Labute approximate surface area is 127 Å². The van der Waals surface area contributed by atoms with E-state index in [0.717, 1.165) is 0 Å². The standard InChI is InChI=1S/C14H5Cl2F3N2/c15-13-7-1-2-20-5-10(7)21-14(16)12(13)11-8(18)3-6(17)4-9(11)19/h1-5H. The van der Waals surface area contributed by atoms with E-state index in [0.29, 0.717) is 23.0 Å². The first kappa shape index (κ1) is 14.1. The van der Waals surface area contributed by atoms with Crippen LogP contribution in [-0.4, -0.2) is 9.97 Å². The summed E-state index contributed by atoms with van der Waals surface area (Å²) >= 11 is 12.2. The van der Waals surface area contributed by atoms with Crippen LogP contribution in [-0.2, 0) is 0 Å². The number of halogens is 5. The molecule has 0 saturated carbocycles. The van der Waals surface area contributed by atoms with E-state index in [1.807, 2.05) is 0 Å². The summed E-state index contributed by atoms with van der Waals surface area (Å²) in [6.45, 7) is 0. The maximum Gasteiger partial charge on any atom is 0.139 e. The van der Waals surface area contributed by atoms with Crippen molar-refractivity contribution in [2.75, 3.05) is 0 Å². The molecule has 0 unspecified atom stereocenters. The van der Waals surface area contributed by atoms with Gasteiger partial charge in [0.05, 0.1) is 22.3 Å². The fourth-order valence-electron chi connectivity index (χ4n) is 2.04. The second kappa shape index (κ2) is 5.16. The lowest BCUT2D eigenvalue weighted by Crippen LogP contribution is -1.96. The summed E-state index contributed by atoms with van der Waals surface area (Å²) < 4.78 is 40.8. The highest BCUT2D eigenvalue weighted by atomic mass is 35.5. The summed E-state index contributed by atoms with van der Waals surface area (Å²) in [5, 5.41) is 0.274. The van der Waals surface area contributed by atoms with Crippen LogP contribution in [0.25, 0.3) is 22.0 Å². The lowest BCUT2D eigenvalue weighted by Gasteiger charge is -2.11. The minimum absolute atomic E-state index is 0.0248. The summed E-state index contributed by atoms with van der Waals surface area (Å²) in [4.78, 5) is 7.88. The van der Waals surface area contributed by atoms with Gasteiger partial charge in [-0.25, -0.2) is 18.2 Å². The van der Waals surface area contributed by atoms with E-state index in [9.17, 15) is 13.2 Å². The molecule has 0 atom stereocenters. The minimum Gasteiger partial charge on any atom is -0.262 e. The van der Waals surface area contributed by atoms with Gasteiger partial charge in [0, 0.05) is 29.3 Å². The molecule has 0 N–H and O–H groups in total. The van der Waals surface area contributed by atoms with Crippen molar-refractivity contribution in [1.29, 1.82) is 0 Å². The van der Waals surface area contributed by atoms with Gasteiger partial charge in [-0.1, -0.05) is 23.2 Å². The highest BCUT2D eigenvalue weighted by molar-refractivity contribution is 6.42. The molecule has 0 amide bonds. The SMILES string of the molecule is Fc1cc(F)c(-c2c(Cl)nc3cnccc3c2Cl)c(F)c1. The lowest BCUT2D eigenvalue weighted by molar-refractivity contribution is 0.548. The third kappa shape index (κ3) is 2.32. The molecule has 2 nitrogen and oxygen atoms in total. The smallest absolute Gasteiger partial charge is 0.139 e. The molecule has 3 rings (SSSR count). The molecule has 21 heavy (non-hydrogen) atoms. The Balaban J connectivity index is 2.41. The second-order valence-electron chi connectivity index (χ2n) is 4.23. The Kier molecular flexibility index (Phi) is 3.47. The zero-order valence-corrected chi connectivity index (χ0v) is 11.7. The van der Waals surface area contributed by atoms with E-state index in [-0.39, 0.29) is 15.7 Å². The van der Waals surface area contributed by atoms with Gasteiger partial charge >= 0.3 is 0 Å². The third-order valence-electron chi connectivity index (χ3n) is 2.94. The number of rotatable bonds is 1. The molecule has 0 saturated heterocycles. The second-order valence-corrected chi connectivity index (χ2v) is 4.96. The number of benzene rings is 1.